The van der Waals surface area contributed by atoms with Crippen LogP contribution in [0.5, 0.6) is 5.75 Å². The molecule has 1 aromatic heterocycles. The van der Waals surface area contributed by atoms with Crippen molar-refractivity contribution >= 4 is 21.4 Å². The molecule has 0 bridgehead atoms. The van der Waals surface area contributed by atoms with Crippen molar-refractivity contribution in [2.24, 2.45) is 0 Å². The van der Waals surface area contributed by atoms with E-state index in [9.17, 15) is 8.42 Å². The molecule has 1 fully saturated rings. The Hall–Kier alpha value is -0.750. The summed E-state index contributed by atoms with van der Waals surface area (Å²) in [6.45, 7) is 0.310. The first-order chi connectivity index (χ1) is 7.54. The van der Waals surface area contributed by atoms with Crippen molar-refractivity contribution in [3.8, 4) is 5.75 Å². The summed E-state index contributed by atoms with van der Waals surface area (Å²) in [5, 5.41) is 4.00. The topological polar surface area (TPSA) is 61.2 Å². The van der Waals surface area contributed by atoms with Crippen molar-refractivity contribution < 1.29 is 13.2 Å². The molecule has 1 aromatic rings. The number of methoxy groups -OCH3 is 1. The first kappa shape index (κ1) is 11.7. The Morgan fingerprint density at radius 1 is 1.69 bits per heavy atom. The highest BCUT2D eigenvalue weighted by molar-refractivity contribution is 7.92. The third kappa shape index (κ3) is 2.04. The Morgan fingerprint density at radius 3 is 2.94 bits per heavy atom. The monoisotopic (exact) mass is 264 g/mol. The van der Waals surface area contributed by atoms with Crippen LogP contribution in [-0.2, 0) is 16.4 Å². The van der Waals surface area contributed by atoms with Gasteiger partial charge in [-0.15, -0.1) is 0 Å². The van der Waals surface area contributed by atoms with E-state index in [-0.39, 0.29) is 11.0 Å². The van der Waals surface area contributed by atoms with Crippen molar-refractivity contribution in [3.05, 3.63) is 11.3 Å². The molecule has 0 aromatic carbocycles. The van der Waals surface area contributed by atoms with Crippen LogP contribution >= 0.6 is 11.6 Å². The van der Waals surface area contributed by atoms with Gasteiger partial charge in [-0.05, 0) is 12.8 Å². The second kappa shape index (κ2) is 4.25. The molecule has 1 atom stereocenters. The van der Waals surface area contributed by atoms with Crippen molar-refractivity contribution in [2.75, 3.05) is 12.9 Å². The van der Waals surface area contributed by atoms with Gasteiger partial charge in [-0.2, -0.15) is 5.10 Å². The first-order valence-corrected chi connectivity index (χ1v) is 7.11. The Morgan fingerprint density at radius 2 is 2.44 bits per heavy atom. The van der Waals surface area contributed by atoms with Gasteiger partial charge in [0.15, 0.2) is 20.7 Å². The molecule has 0 N–H and O–H groups in total. The second-order valence-electron chi connectivity index (χ2n) is 3.82. The molecule has 1 saturated heterocycles. The smallest absolute Gasteiger partial charge is 0.175 e. The lowest BCUT2D eigenvalue weighted by atomic mass is 10.2. The lowest BCUT2D eigenvalue weighted by Gasteiger charge is -2.09. The standard InChI is InChI=1S/C9H13ClN2O3S/c1-15-8-5-11-12(9(8)10)6-7-3-2-4-16(7,13)14/h5,7H,2-4,6H2,1H3. The van der Waals surface area contributed by atoms with Crippen molar-refractivity contribution in [2.45, 2.75) is 24.6 Å². The van der Waals surface area contributed by atoms with Gasteiger partial charge < -0.3 is 4.74 Å². The fourth-order valence-electron chi connectivity index (χ4n) is 1.87. The summed E-state index contributed by atoms with van der Waals surface area (Å²) in [6, 6.07) is 0. The number of halogens is 1. The molecule has 2 heterocycles. The number of aromatic nitrogens is 2. The summed E-state index contributed by atoms with van der Waals surface area (Å²) < 4.78 is 29.7. The van der Waals surface area contributed by atoms with Crippen LogP contribution in [-0.4, -0.2) is 36.3 Å². The summed E-state index contributed by atoms with van der Waals surface area (Å²) in [4.78, 5) is 0. The Balaban J connectivity index is 2.18. The van der Waals surface area contributed by atoms with Crippen LogP contribution in [0.2, 0.25) is 5.15 Å². The van der Waals surface area contributed by atoms with E-state index in [1.807, 2.05) is 0 Å². The molecule has 1 aliphatic rings. The van der Waals surface area contributed by atoms with E-state index in [2.05, 4.69) is 5.10 Å². The minimum Gasteiger partial charge on any atom is -0.492 e. The van der Waals surface area contributed by atoms with Crippen LogP contribution < -0.4 is 4.74 Å². The Kier molecular flexibility index (Phi) is 3.12. The predicted molar refractivity (Wildman–Crippen MR) is 60.6 cm³/mol. The summed E-state index contributed by atoms with van der Waals surface area (Å²) >= 11 is 5.98. The minimum atomic E-state index is -2.96. The van der Waals surface area contributed by atoms with Crippen molar-refractivity contribution in [1.82, 2.24) is 9.78 Å². The molecule has 0 radical (unpaired) electrons. The van der Waals surface area contributed by atoms with Gasteiger partial charge in [0.1, 0.15) is 0 Å². The molecule has 7 heteroatoms. The third-order valence-electron chi connectivity index (χ3n) is 2.80. The van der Waals surface area contributed by atoms with Gasteiger partial charge in [-0.25, -0.2) is 13.1 Å². The highest BCUT2D eigenvalue weighted by Crippen LogP contribution is 2.27. The van der Waals surface area contributed by atoms with Crippen LogP contribution in [0.1, 0.15) is 12.8 Å². The van der Waals surface area contributed by atoms with Gasteiger partial charge in [-0.1, -0.05) is 11.6 Å². The van der Waals surface area contributed by atoms with Crippen LogP contribution in [0.15, 0.2) is 6.20 Å². The molecule has 0 saturated carbocycles. The second-order valence-corrected chi connectivity index (χ2v) is 6.58. The molecule has 1 aliphatic heterocycles. The van der Waals surface area contributed by atoms with Crippen LogP contribution in [0.3, 0.4) is 0 Å². The molecule has 0 aliphatic carbocycles. The van der Waals surface area contributed by atoms with Crippen LogP contribution in [0.4, 0.5) is 0 Å². The van der Waals surface area contributed by atoms with E-state index in [4.69, 9.17) is 16.3 Å². The van der Waals surface area contributed by atoms with E-state index in [1.165, 1.54) is 18.0 Å². The van der Waals surface area contributed by atoms with Crippen LogP contribution in [0, 0.1) is 0 Å². The fourth-order valence-corrected chi connectivity index (χ4v) is 3.91. The highest BCUT2D eigenvalue weighted by atomic mass is 35.5. The normalized spacial score (nSPS) is 23.5. The number of nitrogens with zero attached hydrogens (tertiary/aromatic N) is 2. The predicted octanol–water partition coefficient (Wildman–Crippen LogP) is 1.12. The maximum Gasteiger partial charge on any atom is 0.175 e. The number of ether oxygens (including phenoxy) is 1. The van der Waals surface area contributed by atoms with Gasteiger partial charge in [0.2, 0.25) is 0 Å². The first-order valence-electron chi connectivity index (χ1n) is 5.01. The van der Waals surface area contributed by atoms with Gasteiger partial charge in [-0.3, -0.25) is 0 Å². The molecule has 2 rings (SSSR count). The molecule has 5 nitrogen and oxygen atoms in total. The van der Waals surface area contributed by atoms with Gasteiger partial charge in [0, 0.05) is 0 Å². The summed E-state index contributed by atoms with van der Waals surface area (Å²) in [5.41, 5.74) is 0. The van der Waals surface area contributed by atoms with Gasteiger partial charge in [0.05, 0.1) is 30.9 Å². The van der Waals surface area contributed by atoms with E-state index in [0.29, 0.717) is 23.9 Å². The summed E-state index contributed by atoms with van der Waals surface area (Å²) in [7, 11) is -1.46. The largest absolute Gasteiger partial charge is 0.492 e. The maximum atomic E-state index is 11.6. The molecular formula is C9H13ClN2O3S. The zero-order valence-corrected chi connectivity index (χ0v) is 10.5. The summed E-state index contributed by atoms with van der Waals surface area (Å²) in [6.07, 6.45) is 2.90. The maximum absolute atomic E-state index is 11.6. The molecular weight excluding hydrogens is 252 g/mol. The lowest BCUT2D eigenvalue weighted by Crippen LogP contribution is -2.22. The summed E-state index contributed by atoms with van der Waals surface area (Å²) in [5.74, 6) is 0.741. The molecule has 0 spiro atoms. The van der Waals surface area contributed by atoms with E-state index in [0.717, 1.165) is 6.42 Å². The van der Waals surface area contributed by atoms with Gasteiger partial charge >= 0.3 is 0 Å². The fraction of sp³-hybridized carbons (Fsp3) is 0.667. The van der Waals surface area contributed by atoms with Crippen LogP contribution in [0.25, 0.3) is 0 Å². The average molecular weight is 265 g/mol. The van der Waals surface area contributed by atoms with E-state index >= 15 is 0 Å². The zero-order chi connectivity index (χ0) is 11.8. The van der Waals surface area contributed by atoms with Crippen molar-refractivity contribution in [1.29, 1.82) is 0 Å². The van der Waals surface area contributed by atoms with Crippen molar-refractivity contribution in [3.63, 3.8) is 0 Å². The third-order valence-corrected chi connectivity index (χ3v) is 5.44. The lowest BCUT2D eigenvalue weighted by molar-refractivity contribution is 0.414. The minimum absolute atomic E-state index is 0.272. The highest BCUT2D eigenvalue weighted by Gasteiger charge is 2.32. The quantitative estimate of drug-likeness (QED) is 0.821. The molecule has 90 valence electrons. The number of hydrogen-bond donors (Lipinski definition) is 0. The van der Waals surface area contributed by atoms with Gasteiger partial charge in [0.25, 0.3) is 0 Å². The Labute approximate surface area is 99.3 Å². The zero-order valence-electron chi connectivity index (χ0n) is 8.89. The Bertz CT molecular complexity index is 483. The number of hydrogen-bond acceptors (Lipinski definition) is 4. The number of rotatable bonds is 3. The van der Waals surface area contributed by atoms with E-state index < -0.39 is 9.84 Å². The average Bonchev–Trinajstić information content (AvgIpc) is 2.73. The SMILES string of the molecule is COc1cnn(CC2CCCS2(=O)=O)c1Cl. The molecule has 1 unspecified atom stereocenters. The van der Waals surface area contributed by atoms with E-state index in [1.54, 1.807) is 0 Å². The molecule has 0 amide bonds. The number of sulfone groups is 1. The molecule has 16 heavy (non-hydrogen) atoms.